The summed E-state index contributed by atoms with van der Waals surface area (Å²) in [5.74, 6) is 1.49. The number of hydrogen-bond acceptors (Lipinski definition) is 29. The fraction of sp³-hybridized carbons (Fsp3) is 0.652. The van der Waals surface area contributed by atoms with Crippen molar-refractivity contribution in [2.24, 2.45) is 0 Å². The van der Waals surface area contributed by atoms with E-state index in [9.17, 15) is 45.5 Å². The summed E-state index contributed by atoms with van der Waals surface area (Å²) in [4.78, 5) is 101. The number of rotatable bonds is 11. The summed E-state index contributed by atoms with van der Waals surface area (Å²) < 4.78 is 136. The van der Waals surface area contributed by atoms with Crippen LogP contribution in [0, 0.1) is 0 Å². The van der Waals surface area contributed by atoms with Crippen molar-refractivity contribution in [2.45, 2.75) is 214 Å². The topological polar surface area (TPSA) is 335 Å². The molecule has 31 nitrogen and oxygen atoms in total. The number of nitrogen functional groups attached to an aromatic ring is 1. The molecule has 7 saturated heterocycles. The maximum atomic E-state index is 14.0. The number of aromatic nitrogens is 10. The Morgan fingerprint density at radius 1 is 0.523 bits per heavy atom. The second-order valence-corrected chi connectivity index (χ2v) is 32.4. The van der Waals surface area contributed by atoms with Crippen LogP contribution >= 0.6 is 27.5 Å². The van der Waals surface area contributed by atoms with Gasteiger partial charge >= 0.3 is 31.5 Å². The quantitative estimate of drug-likeness (QED) is 0.0555. The standard InChI is InChI=1S/C21H32BF2N3O6.C19H23F2N7O2.C15H20BrF2N3O4.C14H19ClN4O2/c1-18(2,3)30-16(28)27(17(29)31-19(4,5)6)15-25-11-12(13(26-15)14(23)24)22-32-20(7,8)21(9,10)33-22;20-17(21)16-13(8-23-18(22)26-16)14-7-15(27-3-5-29-6-4-27)25-19(24-14)28-11-1-2-12(28)10-30-9-11;1-14(2,3)24-12(22)21(13(23)25-15(4,5)6)11-19-7-8(16)9(20-11)10(17)18;15-12-7-13(18-3-5-20-6-4-18)17-14(16-12)19-10-1-2-11(19)9-21-8-10/h11,14H,1-10H3;7-8,11-12,17H,1-6,9-10H2,(H2,22,23,26);7,10H,1-6H3;7,10-11H,1-6,8-9H2. The van der Waals surface area contributed by atoms with E-state index in [4.69, 9.17) is 74.5 Å². The molecular formula is C69H94BBrClF6N17O14. The normalized spacial score (nSPS) is 20.3. The predicted octanol–water partition coefficient (Wildman–Crippen LogP) is 12.2. The molecule has 0 radical (unpaired) electrons. The smallest absolute Gasteiger partial charge is 0.443 e. The highest BCUT2D eigenvalue weighted by Gasteiger charge is 2.54. The minimum atomic E-state index is -3.07. The van der Waals surface area contributed by atoms with Crippen LogP contribution in [0.4, 0.5) is 86.9 Å². The molecule has 0 spiro atoms. The number of carbonyl (C=O) groups is 4. The summed E-state index contributed by atoms with van der Waals surface area (Å²) in [6.45, 7) is 34.6. The molecule has 2 N–H and O–H groups in total. The Morgan fingerprint density at radius 3 is 1.29 bits per heavy atom. The van der Waals surface area contributed by atoms with E-state index in [0.717, 1.165) is 89.4 Å². The first-order valence-electron chi connectivity index (χ1n) is 35.4. The fourth-order valence-corrected chi connectivity index (χ4v) is 12.5. The fourth-order valence-electron chi connectivity index (χ4n) is 11.9. The molecule has 4 bridgehead atoms. The van der Waals surface area contributed by atoms with Crippen molar-refractivity contribution < 1.29 is 92.7 Å². The van der Waals surface area contributed by atoms with Crippen LogP contribution in [0.2, 0.25) is 5.15 Å². The average molecular weight is 1630 g/mol. The molecule has 0 saturated carbocycles. The largest absolute Gasteiger partial charge is 0.498 e. The number of alkyl halides is 6. The van der Waals surface area contributed by atoms with Crippen LogP contribution in [0.1, 0.15) is 173 Å². The van der Waals surface area contributed by atoms with Gasteiger partial charge in [0.2, 0.25) is 29.7 Å². The van der Waals surface area contributed by atoms with Crippen molar-refractivity contribution in [3.05, 3.63) is 57.4 Å². The molecule has 4 unspecified atom stereocenters. The van der Waals surface area contributed by atoms with Crippen LogP contribution in [0.25, 0.3) is 11.3 Å². The first kappa shape index (κ1) is 85.1. The Labute approximate surface area is 641 Å². The van der Waals surface area contributed by atoms with Crippen molar-refractivity contribution >= 4 is 106 Å². The highest BCUT2D eigenvalue weighted by atomic mass is 79.9. The minimum Gasteiger partial charge on any atom is -0.443 e. The Kier molecular flexibility index (Phi) is 27.1. The lowest BCUT2D eigenvalue weighted by Crippen LogP contribution is -2.47. The molecular weight excluding hydrogens is 1530 g/mol. The lowest BCUT2D eigenvalue weighted by atomic mass is 9.79. The molecule has 7 aliphatic rings. The van der Waals surface area contributed by atoms with Crippen molar-refractivity contribution in [2.75, 3.05) is 114 Å². The van der Waals surface area contributed by atoms with Gasteiger partial charge < -0.3 is 72.5 Å². The number of anilines is 7. The van der Waals surface area contributed by atoms with E-state index in [0.29, 0.717) is 84.0 Å². The molecule has 109 heavy (non-hydrogen) atoms. The molecule has 4 amide bonds. The molecule has 4 atom stereocenters. The first-order valence-corrected chi connectivity index (χ1v) is 36.6. The number of imide groups is 2. The molecule has 12 rings (SSSR count). The first-order chi connectivity index (χ1) is 50.9. The number of amides is 4. The summed E-state index contributed by atoms with van der Waals surface area (Å²) in [6, 6.07) is 4.72. The minimum absolute atomic E-state index is 0.0559. The zero-order valence-electron chi connectivity index (χ0n) is 63.8. The van der Waals surface area contributed by atoms with E-state index in [2.05, 4.69) is 75.4 Å². The number of nitrogens with zero attached hydrogens (tertiary/aromatic N) is 16. The summed E-state index contributed by atoms with van der Waals surface area (Å²) in [5.41, 5.74) is -1.26. The van der Waals surface area contributed by atoms with Crippen LogP contribution in [0.15, 0.2) is 35.2 Å². The van der Waals surface area contributed by atoms with Gasteiger partial charge in [-0.1, -0.05) is 11.6 Å². The summed E-state index contributed by atoms with van der Waals surface area (Å²) in [6.07, 6.45) is -5.73. The van der Waals surface area contributed by atoms with Gasteiger partial charge in [-0.3, -0.25) is 0 Å². The van der Waals surface area contributed by atoms with E-state index >= 15 is 0 Å². The Hall–Kier alpha value is -7.95. The second kappa shape index (κ2) is 34.8. The van der Waals surface area contributed by atoms with Crippen molar-refractivity contribution in [1.82, 2.24) is 49.8 Å². The van der Waals surface area contributed by atoms with E-state index in [-0.39, 0.29) is 33.5 Å². The van der Waals surface area contributed by atoms with Gasteiger partial charge in [0.15, 0.2) is 0 Å². The molecule has 0 aromatic carbocycles. The summed E-state index contributed by atoms with van der Waals surface area (Å²) in [5, 5.41) is 0.507. The van der Waals surface area contributed by atoms with Crippen molar-refractivity contribution in [1.29, 1.82) is 0 Å². The van der Waals surface area contributed by atoms with E-state index in [1.807, 2.05) is 6.07 Å². The van der Waals surface area contributed by atoms with Gasteiger partial charge in [0.1, 0.15) is 56.3 Å². The van der Waals surface area contributed by atoms with Gasteiger partial charge in [-0.2, -0.15) is 9.97 Å². The molecule has 12 heterocycles. The number of ether oxygens (including phenoxy) is 8. The van der Waals surface area contributed by atoms with Crippen molar-refractivity contribution in [3.8, 4) is 11.3 Å². The molecule has 598 valence electrons. The summed E-state index contributed by atoms with van der Waals surface area (Å²) >= 11 is 9.13. The average Bonchev–Trinajstić information content (AvgIpc) is 1.64. The van der Waals surface area contributed by atoms with Gasteiger partial charge in [-0.05, 0) is 152 Å². The third-order valence-electron chi connectivity index (χ3n) is 17.5. The van der Waals surface area contributed by atoms with Crippen LogP contribution in [-0.2, 0) is 47.2 Å². The Morgan fingerprint density at radius 2 is 0.899 bits per heavy atom. The lowest BCUT2D eigenvalue weighted by molar-refractivity contribution is 0.00578. The van der Waals surface area contributed by atoms with Crippen LogP contribution < -0.4 is 40.6 Å². The molecule has 0 aliphatic carbocycles. The van der Waals surface area contributed by atoms with Crippen molar-refractivity contribution in [3.63, 3.8) is 0 Å². The molecule has 40 heteroatoms. The van der Waals surface area contributed by atoms with Crippen LogP contribution in [-0.4, -0.2) is 218 Å². The number of halogens is 8. The molecule has 7 aliphatic heterocycles. The molecule has 5 aromatic heterocycles. The maximum Gasteiger partial charge on any atom is 0.498 e. The van der Waals surface area contributed by atoms with Gasteiger partial charge in [0, 0.05) is 67.9 Å². The van der Waals surface area contributed by atoms with E-state index in [1.54, 1.807) is 117 Å². The number of fused-ring (bicyclic) bond motifs is 4. The zero-order chi connectivity index (χ0) is 80.0. The summed E-state index contributed by atoms with van der Waals surface area (Å²) in [7, 11) is -1.16. The van der Waals surface area contributed by atoms with E-state index in [1.165, 1.54) is 6.20 Å². The Bertz CT molecular complexity index is 3920. The van der Waals surface area contributed by atoms with Gasteiger partial charge in [-0.25, -0.2) is 85.4 Å². The third kappa shape index (κ3) is 22.2. The molecule has 7 fully saturated rings. The number of morpholine rings is 4. The maximum absolute atomic E-state index is 14.0. The number of hydrogen-bond donors (Lipinski definition) is 1. The van der Waals surface area contributed by atoms with Crippen LogP contribution in [0.3, 0.4) is 0 Å². The van der Waals surface area contributed by atoms with Gasteiger partial charge in [0.25, 0.3) is 19.3 Å². The number of carbonyl (C=O) groups excluding carboxylic acids is 4. The van der Waals surface area contributed by atoms with Gasteiger partial charge in [0.05, 0.1) is 98.4 Å². The lowest BCUT2D eigenvalue weighted by Gasteiger charge is -2.36. The monoisotopic (exact) mass is 1620 g/mol. The predicted molar refractivity (Wildman–Crippen MR) is 393 cm³/mol. The molecule has 5 aromatic rings. The SMILES string of the molecule is CC(C)(C)OC(=O)N(C(=O)OC(C)(C)C)c1ncc(B2OC(C)(C)C(C)(C)O2)c(C(F)F)n1.CC(C)(C)OC(=O)N(C(=O)OC(C)(C)C)c1ncc(Br)c(C(F)F)n1.Clc1cc(N2CCOCC2)nc(N2C3CCC2COC3)n1.Nc1ncc(-c2cc(N3CCOCC3)nc(N3C4CCC3COC4)n2)c(C(F)F)n1. The third-order valence-corrected chi connectivity index (χ3v) is 18.3. The van der Waals surface area contributed by atoms with Gasteiger partial charge in [-0.15, -0.1) is 9.80 Å². The Balaban J connectivity index is 0.000000169. The highest BCUT2D eigenvalue weighted by molar-refractivity contribution is 9.10. The van der Waals surface area contributed by atoms with Crippen LogP contribution in [0.5, 0.6) is 0 Å². The second-order valence-electron chi connectivity index (χ2n) is 31.1. The highest BCUT2D eigenvalue weighted by Crippen LogP contribution is 2.40. The number of nitrogens with two attached hydrogens (primary N) is 1. The zero-order valence-corrected chi connectivity index (χ0v) is 66.1. The van der Waals surface area contributed by atoms with E-state index < -0.39 is 113 Å².